The predicted molar refractivity (Wildman–Crippen MR) is 81.0 cm³/mol. The number of benzene rings is 1. The molecule has 0 fully saturated rings. The normalized spacial score (nSPS) is 13.0. The van der Waals surface area contributed by atoms with Gasteiger partial charge < -0.3 is 10.1 Å². The van der Waals surface area contributed by atoms with Gasteiger partial charge in [-0.25, -0.2) is 17.9 Å². The Morgan fingerprint density at radius 3 is 2.48 bits per heavy atom. The quantitative estimate of drug-likeness (QED) is 0.377. The zero-order valence-corrected chi connectivity index (χ0v) is 12.9. The van der Waals surface area contributed by atoms with E-state index in [1.54, 1.807) is 31.2 Å². The minimum atomic E-state index is -2.87. The average molecular weight is 312 g/mol. The van der Waals surface area contributed by atoms with Crippen LogP contribution in [0.4, 0.5) is 0 Å². The van der Waals surface area contributed by atoms with E-state index in [1.807, 2.05) is 13.0 Å². The Morgan fingerprint density at radius 2 is 1.95 bits per heavy atom. The number of hydrogen-bond donors (Lipinski definition) is 3. The number of carbonyl (C=O) groups excluding carboxylic acids is 1. The molecule has 0 aliphatic heterocycles. The van der Waals surface area contributed by atoms with Gasteiger partial charge >= 0.3 is 5.97 Å². The summed E-state index contributed by atoms with van der Waals surface area (Å²) in [4.78, 5) is 12.1. The highest BCUT2D eigenvalue weighted by Crippen LogP contribution is 2.22. The third-order valence-electron chi connectivity index (χ3n) is 2.65. The van der Waals surface area contributed by atoms with Gasteiger partial charge in [-0.15, -0.1) is 0 Å². The molecule has 0 radical (unpaired) electrons. The Hall–Kier alpha value is -1.86. The molecule has 0 aliphatic rings. The third kappa shape index (κ3) is 5.57. The van der Waals surface area contributed by atoms with Gasteiger partial charge in [0.1, 0.15) is 0 Å². The Morgan fingerprint density at radius 1 is 1.29 bits per heavy atom. The molecular formula is C14H20N2O4S. The molecule has 1 rings (SSSR count). The van der Waals surface area contributed by atoms with Crippen LogP contribution in [0.15, 0.2) is 42.1 Å². The van der Waals surface area contributed by atoms with E-state index in [0.717, 1.165) is 0 Å². The lowest BCUT2D eigenvalue weighted by Crippen LogP contribution is -2.28. The molecule has 0 bridgehead atoms. The zero-order valence-electron chi connectivity index (χ0n) is 12.0. The van der Waals surface area contributed by atoms with E-state index in [1.165, 1.54) is 6.20 Å². The van der Waals surface area contributed by atoms with Gasteiger partial charge in [-0.2, -0.15) is 0 Å². The van der Waals surface area contributed by atoms with Crippen LogP contribution in [-0.2, 0) is 20.4 Å². The van der Waals surface area contributed by atoms with E-state index < -0.39 is 22.9 Å². The molecule has 0 saturated heterocycles. The summed E-state index contributed by atoms with van der Waals surface area (Å²) in [6.07, 6.45) is 1.49. The Kier molecular flexibility index (Phi) is 7.49. The molecule has 0 spiro atoms. The van der Waals surface area contributed by atoms with Crippen LogP contribution in [0.5, 0.6) is 0 Å². The highest BCUT2D eigenvalue weighted by Gasteiger charge is 2.24. The van der Waals surface area contributed by atoms with Crippen LogP contribution in [0.25, 0.3) is 0 Å². The van der Waals surface area contributed by atoms with E-state index in [0.29, 0.717) is 12.1 Å². The highest BCUT2D eigenvalue weighted by atomic mass is 32.2. The second-order valence-corrected chi connectivity index (χ2v) is 4.88. The second-order valence-electron chi connectivity index (χ2n) is 4.11. The van der Waals surface area contributed by atoms with Crippen molar-refractivity contribution in [3.8, 4) is 0 Å². The maximum absolute atomic E-state index is 12.1. The van der Waals surface area contributed by atoms with E-state index in [4.69, 9.17) is 4.74 Å². The molecule has 7 heteroatoms. The maximum Gasteiger partial charge on any atom is 0.337 e. The van der Waals surface area contributed by atoms with Crippen molar-refractivity contribution in [2.75, 3.05) is 13.2 Å². The van der Waals surface area contributed by atoms with Crippen molar-refractivity contribution < 1.29 is 17.9 Å². The lowest BCUT2D eigenvalue weighted by Gasteiger charge is -2.18. The molecule has 2 N–H and O–H groups in total. The number of hydrogen-bond acceptors (Lipinski definition) is 5. The van der Waals surface area contributed by atoms with Gasteiger partial charge in [0.2, 0.25) is 10.9 Å². The summed E-state index contributed by atoms with van der Waals surface area (Å²) in [5.41, 5.74) is 0.873. The van der Waals surface area contributed by atoms with Crippen molar-refractivity contribution in [1.29, 1.82) is 0 Å². The maximum atomic E-state index is 12.1. The first-order valence-electron chi connectivity index (χ1n) is 6.66. The van der Waals surface area contributed by atoms with Crippen molar-refractivity contribution in [2.45, 2.75) is 19.9 Å². The summed E-state index contributed by atoms with van der Waals surface area (Å²) < 4.78 is 29.5. The van der Waals surface area contributed by atoms with Crippen molar-refractivity contribution >= 4 is 16.9 Å². The molecule has 0 amide bonds. The Balaban J connectivity index is 3.20. The van der Waals surface area contributed by atoms with Gasteiger partial charge in [0.25, 0.3) is 0 Å². The van der Waals surface area contributed by atoms with Gasteiger partial charge in [0.15, 0.2) is 0 Å². The van der Waals surface area contributed by atoms with Gasteiger partial charge in [0, 0.05) is 12.7 Å². The summed E-state index contributed by atoms with van der Waals surface area (Å²) in [5.74, 6) is -0.559. The molecule has 0 heterocycles. The zero-order chi connectivity index (χ0) is 15.7. The molecule has 1 atom stereocenters. The van der Waals surface area contributed by atoms with Gasteiger partial charge in [-0.05, 0) is 19.4 Å². The number of thiol groups is 1. The molecule has 0 aliphatic carbocycles. The fraction of sp³-hybridized carbons (Fsp3) is 0.357. The molecule has 0 aromatic heterocycles. The van der Waals surface area contributed by atoms with Crippen molar-refractivity contribution in [3.63, 3.8) is 0 Å². The van der Waals surface area contributed by atoms with Crippen molar-refractivity contribution in [3.05, 3.63) is 47.7 Å². The molecular weight excluding hydrogens is 292 g/mol. The lowest BCUT2D eigenvalue weighted by molar-refractivity contribution is -0.138. The highest BCUT2D eigenvalue weighted by molar-refractivity contribution is 7.70. The van der Waals surface area contributed by atoms with E-state index in [-0.39, 0.29) is 12.2 Å². The number of ether oxygens (including phenoxy) is 1. The van der Waals surface area contributed by atoms with Gasteiger partial charge in [-0.3, -0.25) is 0 Å². The standard InChI is InChI=1S/C14H20N2O4S/c1-3-15-10-12(14(17)20-4-2)13(16-21(18)19)11-8-6-5-7-9-11/h5-10,13,15,21H,3-4H2,1-2H3,(H,16,18,19)/b12-10+. The fourth-order valence-electron chi connectivity index (χ4n) is 1.76. The number of nitrogens with one attached hydrogen (secondary N) is 2. The van der Waals surface area contributed by atoms with Crippen LogP contribution >= 0.6 is 0 Å². The second kappa shape index (κ2) is 9.15. The van der Waals surface area contributed by atoms with E-state index >= 15 is 0 Å². The summed E-state index contributed by atoms with van der Waals surface area (Å²) in [6.45, 7) is 4.39. The monoisotopic (exact) mass is 312 g/mol. The predicted octanol–water partition coefficient (Wildman–Crippen LogP) is 0.900. The number of esters is 1. The number of carbonyl (C=O) groups is 1. The van der Waals surface area contributed by atoms with E-state index in [9.17, 15) is 13.2 Å². The summed E-state index contributed by atoms with van der Waals surface area (Å²) >= 11 is 0. The minimum absolute atomic E-state index is 0.212. The van der Waals surface area contributed by atoms with Crippen molar-refractivity contribution in [1.82, 2.24) is 10.0 Å². The van der Waals surface area contributed by atoms with Crippen LogP contribution in [0.3, 0.4) is 0 Å². The largest absolute Gasteiger partial charge is 0.463 e. The first-order chi connectivity index (χ1) is 10.1. The van der Waals surface area contributed by atoms with Crippen LogP contribution in [0.1, 0.15) is 25.5 Å². The minimum Gasteiger partial charge on any atom is -0.463 e. The molecule has 1 aromatic carbocycles. The Bertz CT molecular complexity index is 547. The molecule has 1 unspecified atom stereocenters. The third-order valence-corrected chi connectivity index (χ3v) is 3.12. The topological polar surface area (TPSA) is 84.5 Å². The van der Waals surface area contributed by atoms with Crippen LogP contribution in [0, 0.1) is 0 Å². The van der Waals surface area contributed by atoms with Gasteiger partial charge in [-0.1, -0.05) is 30.3 Å². The Labute approximate surface area is 126 Å². The summed E-state index contributed by atoms with van der Waals surface area (Å²) in [6, 6.07) is 8.07. The molecule has 6 nitrogen and oxygen atoms in total. The lowest BCUT2D eigenvalue weighted by atomic mass is 10.0. The first-order valence-corrected chi connectivity index (χ1v) is 7.84. The van der Waals surface area contributed by atoms with Crippen LogP contribution in [0.2, 0.25) is 0 Å². The fourth-order valence-corrected chi connectivity index (χ4v) is 2.26. The molecule has 0 saturated carbocycles. The number of rotatable bonds is 8. The van der Waals surface area contributed by atoms with Crippen molar-refractivity contribution in [2.24, 2.45) is 0 Å². The molecule has 21 heavy (non-hydrogen) atoms. The van der Waals surface area contributed by atoms with E-state index in [2.05, 4.69) is 10.0 Å². The average Bonchev–Trinajstić information content (AvgIpc) is 2.47. The van der Waals surface area contributed by atoms with Crippen LogP contribution in [-0.4, -0.2) is 27.5 Å². The van der Waals surface area contributed by atoms with Crippen LogP contribution < -0.4 is 10.0 Å². The van der Waals surface area contributed by atoms with Gasteiger partial charge in [0.05, 0.1) is 18.2 Å². The smallest absolute Gasteiger partial charge is 0.337 e. The summed E-state index contributed by atoms with van der Waals surface area (Å²) in [5, 5.41) is 2.91. The molecule has 1 aromatic rings. The first kappa shape index (κ1) is 17.2. The molecule has 116 valence electrons. The SMILES string of the molecule is CCN/C=C(/C(=O)OCC)C(N[SH](=O)=O)c1ccccc1. The summed E-state index contributed by atoms with van der Waals surface area (Å²) in [7, 11) is -2.87.